The maximum absolute atomic E-state index is 10.7. The predicted octanol–water partition coefficient (Wildman–Crippen LogP) is 7.32. The number of phenolic OH excluding ortho intramolecular Hbond substituents is 2. The Hall–Kier alpha value is -2.62. The molecule has 2 N–H and O–H groups in total. The molecule has 1 fully saturated rings. The number of nitrogens with zero attached hydrogens (tertiary/aromatic N) is 2. The molecule has 2 unspecified atom stereocenters. The third-order valence-electron chi connectivity index (χ3n) is 7.04. The Kier molecular flexibility index (Phi) is 8.93. The number of rotatable bonds is 8. The summed E-state index contributed by atoms with van der Waals surface area (Å²) >= 11 is 0. The van der Waals surface area contributed by atoms with Crippen molar-refractivity contribution >= 4 is 12.4 Å². The lowest BCUT2D eigenvalue weighted by Gasteiger charge is -2.24. The van der Waals surface area contributed by atoms with Gasteiger partial charge in [-0.3, -0.25) is 9.98 Å². The first-order valence-electron chi connectivity index (χ1n) is 13.0. The fourth-order valence-corrected chi connectivity index (χ4v) is 4.67. The van der Waals surface area contributed by atoms with Crippen LogP contribution in [0.2, 0.25) is 0 Å². The highest BCUT2D eigenvalue weighted by Gasteiger charge is 2.21. The monoisotopic (exact) mass is 462 g/mol. The van der Waals surface area contributed by atoms with Gasteiger partial charge in [-0.1, -0.05) is 53.7 Å². The molecule has 1 saturated carbocycles. The van der Waals surface area contributed by atoms with Crippen LogP contribution in [-0.2, 0) is 12.8 Å². The highest BCUT2D eigenvalue weighted by atomic mass is 16.3. The summed E-state index contributed by atoms with van der Waals surface area (Å²) in [7, 11) is 0. The van der Waals surface area contributed by atoms with E-state index in [2.05, 4.69) is 65.8 Å². The van der Waals surface area contributed by atoms with Crippen molar-refractivity contribution in [2.24, 2.45) is 9.98 Å². The van der Waals surface area contributed by atoms with E-state index < -0.39 is 0 Å². The van der Waals surface area contributed by atoms with Gasteiger partial charge in [0.25, 0.3) is 0 Å². The first kappa shape index (κ1) is 26.0. The second kappa shape index (κ2) is 11.7. The fourth-order valence-electron chi connectivity index (χ4n) is 4.67. The molecule has 2 atom stereocenters. The molecular weight excluding hydrogens is 420 g/mol. The van der Waals surface area contributed by atoms with E-state index in [1.807, 2.05) is 12.4 Å². The molecule has 2 aromatic rings. The number of benzene rings is 2. The van der Waals surface area contributed by atoms with Crippen molar-refractivity contribution in [1.82, 2.24) is 0 Å². The van der Waals surface area contributed by atoms with E-state index in [-0.39, 0.29) is 12.1 Å². The average Bonchev–Trinajstić information content (AvgIpc) is 2.82. The SMILES string of the molecule is CCc1cc(C(C)C)cc(C=NC2CCCC(N=Cc3cc(C(C)C)cc(CC)c3O)C2)c1O. The lowest BCUT2D eigenvalue weighted by molar-refractivity contribution is 0.397. The third kappa shape index (κ3) is 6.28. The fraction of sp³-hybridized carbons (Fsp3) is 0.533. The standard InChI is InChI=1S/C30H42N2O2/c1-7-21-12-23(19(3)4)14-25(29(21)33)17-31-27-10-9-11-28(16-27)32-18-26-15-24(20(5)6)13-22(8-2)30(26)34/h12-15,17-20,27-28,33-34H,7-11,16H2,1-6H3. The molecule has 0 spiro atoms. The van der Waals surface area contributed by atoms with Crippen molar-refractivity contribution in [2.45, 2.75) is 104 Å². The van der Waals surface area contributed by atoms with Crippen molar-refractivity contribution in [3.05, 3.63) is 57.6 Å². The van der Waals surface area contributed by atoms with Crippen LogP contribution in [0.5, 0.6) is 11.5 Å². The van der Waals surface area contributed by atoms with Gasteiger partial charge in [0.1, 0.15) is 11.5 Å². The molecule has 2 aromatic carbocycles. The minimum absolute atomic E-state index is 0.199. The Morgan fingerprint density at radius 1 is 0.765 bits per heavy atom. The second-order valence-corrected chi connectivity index (χ2v) is 10.3. The number of hydrogen-bond donors (Lipinski definition) is 2. The molecule has 0 saturated heterocycles. The van der Waals surface area contributed by atoms with Crippen LogP contribution in [0.3, 0.4) is 0 Å². The number of aryl methyl sites for hydroxylation is 2. The number of phenols is 2. The molecule has 0 radical (unpaired) electrons. The van der Waals surface area contributed by atoms with Crippen molar-refractivity contribution in [3.63, 3.8) is 0 Å². The third-order valence-corrected chi connectivity index (χ3v) is 7.04. The van der Waals surface area contributed by atoms with Crippen LogP contribution < -0.4 is 0 Å². The minimum Gasteiger partial charge on any atom is -0.507 e. The van der Waals surface area contributed by atoms with E-state index in [0.717, 1.165) is 60.8 Å². The van der Waals surface area contributed by atoms with Crippen LogP contribution in [0.25, 0.3) is 0 Å². The van der Waals surface area contributed by atoms with Gasteiger partial charge >= 0.3 is 0 Å². The van der Waals surface area contributed by atoms with Gasteiger partial charge in [0.05, 0.1) is 12.1 Å². The molecule has 0 aromatic heterocycles. The molecule has 3 rings (SSSR count). The Balaban J connectivity index is 1.76. The summed E-state index contributed by atoms with van der Waals surface area (Å²) in [5.41, 5.74) is 6.06. The smallest absolute Gasteiger partial charge is 0.127 e. The molecule has 1 aliphatic rings. The molecule has 1 aliphatic carbocycles. The number of aromatic hydroxyl groups is 2. The van der Waals surface area contributed by atoms with Crippen LogP contribution in [0.4, 0.5) is 0 Å². The van der Waals surface area contributed by atoms with Crippen molar-refractivity contribution < 1.29 is 10.2 Å². The molecule has 4 nitrogen and oxygen atoms in total. The molecule has 34 heavy (non-hydrogen) atoms. The molecule has 0 heterocycles. The summed E-state index contributed by atoms with van der Waals surface area (Å²) in [6.45, 7) is 12.8. The summed E-state index contributed by atoms with van der Waals surface area (Å²) in [5, 5.41) is 21.4. The summed E-state index contributed by atoms with van der Waals surface area (Å²) in [4.78, 5) is 9.74. The van der Waals surface area contributed by atoms with E-state index in [4.69, 9.17) is 9.98 Å². The molecule has 184 valence electrons. The zero-order valence-electron chi connectivity index (χ0n) is 21.8. The zero-order valence-corrected chi connectivity index (χ0v) is 21.8. The number of aliphatic imine (C=N–C) groups is 2. The van der Waals surface area contributed by atoms with Gasteiger partial charge in [-0.2, -0.15) is 0 Å². The Morgan fingerprint density at radius 3 is 1.53 bits per heavy atom. The lowest BCUT2D eigenvalue weighted by Crippen LogP contribution is -2.21. The highest BCUT2D eigenvalue weighted by molar-refractivity contribution is 5.85. The quantitative estimate of drug-likeness (QED) is 0.404. The molecule has 4 heteroatoms. The lowest BCUT2D eigenvalue weighted by atomic mass is 9.91. The van der Waals surface area contributed by atoms with E-state index in [1.165, 1.54) is 11.1 Å². The van der Waals surface area contributed by atoms with Crippen LogP contribution >= 0.6 is 0 Å². The van der Waals surface area contributed by atoms with Crippen molar-refractivity contribution in [3.8, 4) is 11.5 Å². The van der Waals surface area contributed by atoms with E-state index in [9.17, 15) is 10.2 Å². The minimum atomic E-state index is 0.199. The zero-order chi connectivity index (χ0) is 24.8. The number of hydrogen-bond acceptors (Lipinski definition) is 4. The Labute approximate surface area is 205 Å². The van der Waals surface area contributed by atoms with Gasteiger partial charge in [0.15, 0.2) is 0 Å². The first-order chi connectivity index (χ1) is 16.2. The molecule has 0 aliphatic heterocycles. The predicted molar refractivity (Wildman–Crippen MR) is 144 cm³/mol. The second-order valence-electron chi connectivity index (χ2n) is 10.3. The topological polar surface area (TPSA) is 65.2 Å². The van der Waals surface area contributed by atoms with Crippen LogP contribution in [0.1, 0.15) is 112 Å². The van der Waals surface area contributed by atoms with Crippen LogP contribution in [0, 0.1) is 0 Å². The van der Waals surface area contributed by atoms with E-state index in [0.29, 0.717) is 23.3 Å². The largest absolute Gasteiger partial charge is 0.507 e. The molecule has 0 bridgehead atoms. The summed E-state index contributed by atoms with van der Waals surface area (Å²) in [6, 6.07) is 8.75. The summed E-state index contributed by atoms with van der Waals surface area (Å²) in [6.07, 6.45) is 9.40. The van der Waals surface area contributed by atoms with Crippen LogP contribution in [-0.4, -0.2) is 34.7 Å². The average molecular weight is 463 g/mol. The van der Waals surface area contributed by atoms with Gasteiger partial charge in [0, 0.05) is 23.6 Å². The summed E-state index contributed by atoms with van der Waals surface area (Å²) < 4.78 is 0. The van der Waals surface area contributed by atoms with Gasteiger partial charge in [-0.25, -0.2) is 0 Å². The van der Waals surface area contributed by atoms with Crippen LogP contribution in [0.15, 0.2) is 34.3 Å². The normalized spacial score (nSPS) is 19.2. The van der Waals surface area contributed by atoms with Crippen molar-refractivity contribution in [1.29, 1.82) is 0 Å². The molecule has 0 amide bonds. The molecular formula is C30H42N2O2. The van der Waals surface area contributed by atoms with Gasteiger partial charge in [-0.15, -0.1) is 0 Å². The maximum atomic E-state index is 10.7. The Bertz CT molecular complexity index is 955. The van der Waals surface area contributed by atoms with Gasteiger partial charge < -0.3 is 10.2 Å². The van der Waals surface area contributed by atoms with E-state index >= 15 is 0 Å². The van der Waals surface area contributed by atoms with E-state index in [1.54, 1.807) is 0 Å². The van der Waals surface area contributed by atoms with Gasteiger partial charge in [0.2, 0.25) is 0 Å². The maximum Gasteiger partial charge on any atom is 0.127 e. The summed E-state index contributed by atoms with van der Waals surface area (Å²) in [5.74, 6) is 1.53. The van der Waals surface area contributed by atoms with Gasteiger partial charge in [-0.05, 0) is 84.7 Å². The first-order valence-corrected chi connectivity index (χ1v) is 13.0. The Morgan fingerprint density at radius 2 is 1.18 bits per heavy atom. The highest BCUT2D eigenvalue weighted by Crippen LogP contribution is 2.30. The van der Waals surface area contributed by atoms with Crippen molar-refractivity contribution in [2.75, 3.05) is 0 Å².